The van der Waals surface area contributed by atoms with Gasteiger partial charge in [0.25, 0.3) is 5.91 Å². The molecule has 1 aliphatic carbocycles. The molecule has 4 rings (SSSR count). The van der Waals surface area contributed by atoms with E-state index in [0.29, 0.717) is 21.8 Å². The van der Waals surface area contributed by atoms with Gasteiger partial charge < -0.3 is 10.6 Å². The van der Waals surface area contributed by atoms with Gasteiger partial charge in [-0.1, -0.05) is 11.6 Å². The number of amides is 1. The van der Waals surface area contributed by atoms with E-state index in [1.807, 2.05) is 25.1 Å². The Bertz CT molecular complexity index is 945. The summed E-state index contributed by atoms with van der Waals surface area (Å²) in [7, 11) is 0. The molecule has 0 spiro atoms. The molecule has 146 valence electrons. The van der Waals surface area contributed by atoms with Gasteiger partial charge in [-0.05, 0) is 49.4 Å². The third-order valence-electron chi connectivity index (χ3n) is 4.40. The van der Waals surface area contributed by atoms with Crippen molar-refractivity contribution >= 4 is 52.8 Å². The minimum atomic E-state index is -0.161. The highest BCUT2D eigenvalue weighted by molar-refractivity contribution is 7.11. The Labute approximate surface area is 178 Å². The first kappa shape index (κ1) is 20.5. The second-order valence-electron chi connectivity index (χ2n) is 6.54. The molecule has 0 aliphatic heterocycles. The van der Waals surface area contributed by atoms with Gasteiger partial charge >= 0.3 is 0 Å². The van der Waals surface area contributed by atoms with Crippen LogP contribution in [0.5, 0.6) is 0 Å². The molecule has 0 unspecified atom stereocenters. The molecule has 9 heteroatoms. The second-order valence-corrected chi connectivity index (χ2v) is 7.84. The van der Waals surface area contributed by atoms with Crippen molar-refractivity contribution in [3.05, 3.63) is 63.5 Å². The average Bonchev–Trinajstić information content (AvgIpc) is 3.35. The van der Waals surface area contributed by atoms with Crippen molar-refractivity contribution < 1.29 is 4.79 Å². The molecule has 1 saturated carbocycles. The lowest BCUT2D eigenvalue weighted by atomic mass is 10.0. The normalized spacial score (nSPS) is 14.1. The van der Waals surface area contributed by atoms with Crippen molar-refractivity contribution in [3.8, 4) is 0 Å². The van der Waals surface area contributed by atoms with Gasteiger partial charge in [-0.25, -0.2) is 9.97 Å². The number of thiazole rings is 1. The smallest absolute Gasteiger partial charge is 0.280 e. The second kappa shape index (κ2) is 8.86. The number of carbonyl (C=O) groups excluding carboxylic acids is 1. The van der Waals surface area contributed by atoms with Gasteiger partial charge in [0.2, 0.25) is 0 Å². The highest BCUT2D eigenvalue weighted by Gasteiger charge is 2.34. The number of pyridine rings is 2. The maximum atomic E-state index is 12.4. The predicted octanol–water partition coefficient (Wildman–Crippen LogP) is 4.94. The third kappa shape index (κ3) is 4.79. The zero-order valence-electron chi connectivity index (χ0n) is 15.1. The van der Waals surface area contributed by atoms with Gasteiger partial charge in [0.15, 0.2) is 5.01 Å². The number of nitrogens with zero attached hydrogens (tertiary/aromatic N) is 3. The van der Waals surface area contributed by atoms with Crippen molar-refractivity contribution in [3.63, 3.8) is 0 Å². The average molecular weight is 436 g/mol. The van der Waals surface area contributed by atoms with Crippen LogP contribution in [0.3, 0.4) is 0 Å². The zero-order valence-corrected chi connectivity index (χ0v) is 17.4. The molecule has 1 fully saturated rings. The number of halogens is 2. The highest BCUT2D eigenvalue weighted by Crippen LogP contribution is 2.42. The van der Waals surface area contributed by atoms with E-state index in [1.54, 1.807) is 24.0 Å². The molecule has 6 nitrogen and oxygen atoms in total. The van der Waals surface area contributed by atoms with Crippen LogP contribution in [0.15, 0.2) is 42.2 Å². The van der Waals surface area contributed by atoms with Crippen molar-refractivity contribution in [2.24, 2.45) is 5.92 Å². The van der Waals surface area contributed by atoms with Gasteiger partial charge in [-0.15, -0.1) is 23.7 Å². The van der Waals surface area contributed by atoms with E-state index < -0.39 is 0 Å². The fraction of sp³-hybridized carbons (Fsp3) is 0.263. The first-order chi connectivity index (χ1) is 13.1. The maximum absolute atomic E-state index is 12.4. The molecule has 0 radical (unpaired) electrons. The van der Waals surface area contributed by atoms with Gasteiger partial charge in [0.1, 0.15) is 5.82 Å². The lowest BCUT2D eigenvalue weighted by Gasteiger charge is -2.19. The Balaban J connectivity index is 0.00000225. The predicted molar refractivity (Wildman–Crippen MR) is 114 cm³/mol. The van der Waals surface area contributed by atoms with Gasteiger partial charge in [-0.2, -0.15) is 0 Å². The molecule has 0 aromatic carbocycles. The van der Waals surface area contributed by atoms with Crippen LogP contribution in [0.1, 0.15) is 39.9 Å². The number of aryl methyl sites for hydroxylation is 1. The SMILES string of the molecule is Cc1ccc(Nc2ncc([C@H](NC(=O)c3nccs3)C3CC3)cc2Cl)cn1.Cl. The Kier molecular flexibility index (Phi) is 6.49. The number of anilines is 2. The van der Waals surface area contributed by atoms with Gasteiger partial charge in [0, 0.05) is 23.5 Å². The van der Waals surface area contributed by atoms with Crippen molar-refractivity contribution in [2.75, 3.05) is 5.32 Å². The number of carbonyl (C=O) groups is 1. The summed E-state index contributed by atoms with van der Waals surface area (Å²) in [6.07, 6.45) is 7.29. The Morgan fingerprint density at radius 1 is 1.25 bits per heavy atom. The van der Waals surface area contributed by atoms with Crippen molar-refractivity contribution in [2.45, 2.75) is 25.8 Å². The molecule has 3 heterocycles. The van der Waals surface area contributed by atoms with Crippen LogP contribution < -0.4 is 10.6 Å². The lowest BCUT2D eigenvalue weighted by molar-refractivity contribution is 0.0931. The van der Waals surface area contributed by atoms with Crippen LogP contribution in [-0.4, -0.2) is 20.9 Å². The molecule has 3 aromatic rings. The Hall–Kier alpha value is -2.22. The fourth-order valence-electron chi connectivity index (χ4n) is 2.83. The number of nitrogens with one attached hydrogen (secondary N) is 2. The first-order valence-corrected chi connectivity index (χ1v) is 9.91. The molecule has 0 bridgehead atoms. The minimum Gasteiger partial charge on any atom is -0.343 e. The van der Waals surface area contributed by atoms with Gasteiger partial charge in [-0.3, -0.25) is 9.78 Å². The molecule has 1 amide bonds. The Morgan fingerprint density at radius 2 is 2.07 bits per heavy atom. The van der Waals surface area contributed by atoms with E-state index in [2.05, 4.69) is 25.6 Å². The molecule has 3 aromatic heterocycles. The molecule has 1 aliphatic rings. The summed E-state index contributed by atoms with van der Waals surface area (Å²) in [4.78, 5) is 25.2. The number of aromatic nitrogens is 3. The van der Waals surface area contributed by atoms with Crippen LogP contribution in [0, 0.1) is 12.8 Å². The van der Waals surface area contributed by atoms with Crippen LogP contribution in [0.4, 0.5) is 11.5 Å². The fourth-order valence-corrected chi connectivity index (χ4v) is 3.60. The summed E-state index contributed by atoms with van der Waals surface area (Å²) in [5.74, 6) is 0.810. The standard InChI is InChI=1S/C19H18ClN5OS.ClH/c1-11-2-5-14(10-22-11)24-17-15(20)8-13(9-23-17)16(12-3-4-12)25-18(26)19-21-6-7-27-19;/h2,5-10,12,16H,3-4H2,1H3,(H,23,24)(H,25,26);1H/t16-;/m1./s1. The minimum absolute atomic E-state index is 0. The topological polar surface area (TPSA) is 79.8 Å². The van der Waals surface area contributed by atoms with Crippen molar-refractivity contribution in [1.29, 1.82) is 0 Å². The van der Waals surface area contributed by atoms with Crippen LogP contribution >= 0.6 is 35.3 Å². The monoisotopic (exact) mass is 435 g/mol. The van der Waals surface area contributed by atoms with E-state index in [0.717, 1.165) is 29.8 Å². The van der Waals surface area contributed by atoms with Crippen LogP contribution in [-0.2, 0) is 0 Å². The molecular formula is C19H19Cl2N5OS. The highest BCUT2D eigenvalue weighted by atomic mass is 35.5. The van der Waals surface area contributed by atoms with E-state index >= 15 is 0 Å². The summed E-state index contributed by atoms with van der Waals surface area (Å²) in [5, 5.41) is 9.01. The summed E-state index contributed by atoms with van der Waals surface area (Å²) in [6, 6.07) is 5.60. The zero-order chi connectivity index (χ0) is 18.8. The van der Waals surface area contributed by atoms with Crippen LogP contribution in [0.25, 0.3) is 0 Å². The molecule has 2 N–H and O–H groups in total. The lowest BCUT2D eigenvalue weighted by Crippen LogP contribution is -2.30. The summed E-state index contributed by atoms with van der Waals surface area (Å²) >= 11 is 7.77. The molecule has 0 saturated heterocycles. The number of hydrogen-bond donors (Lipinski definition) is 2. The number of rotatable bonds is 6. The van der Waals surface area contributed by atoms with Crippen LogP contribution in [0.2, 0.25) is 5.02 Å². The largest absolute Gasteiger partial charge is 0.343 e. The van der Waals surface area contributed by atoms with E-state index in [4.69, 9.17) is 11.6 Å². The molecule has 1 atom stereocenters. The molecular weight excluding hydrogens is 417 g/mol. The van der Waals surface area contributed by atoms with E-state index in [1.165, 1.54) is 11.3 Å². The maximum Gasteiger partial charge on any atom is 0.280 e. The first-order valence-electron chi connectivity index (χ1n) is 8.65. The Morgan fingerprint density at radius 3 is 2.68 bits per heavy atom. The summed E-state index contributed by atoms with van der Waals surface area (Å²) in [5.41, 5.74) is 2.66. The summed E-state index contributed by atoms with van der Waals surface area (Å²) in [6.45, 7) is 1.93. The summed E-state index contributed by atoms with van der Waals surface area (Å²) < 4.78 is 0. The van der Waals surface area contributed by atoms with E-state index in [-0.39, 0.29) is 24.4 Å². The van der Waals surface area contributed by atoms with Crippen molar-refractivity contribution in [1.82, 2.24) is 20.3 Å². The quantitative estimate of drug-likeness (QED) is 0.572. The van der Waals surface area contributed by atoms with Gasteiger partial charge in [0.05, 0.1) is 22.9 Å². The molecule has 28 heavy (non-hydrogen) atoms. The third-order valence-corrected chi connectivity index (χ3v) is 5.46. The number of hydrogen-bond acceptors (Lipinski definition) is 6. The van der Waals surface area contributed by atoms with E-state index in [9.17, 15) is 4.79 Å².